The summed E-state index contributed by atoms with van der Waals surface area (Å²) in [5, 5.41) is 55.4. The minimum atomic E-state index is -1.26. The number of rotatable bonds is 5. The molecule has 1 aliphatic rings. The number of carboxylic acids is 3. The zero-order chi connectivity index (χ0) is 35.2. The van der Waals surface area contributed by atoms with Crippen molar-refractivity contribution >= 4 is 28.7 Å². The van der Waals surface area contributed by atoms with Crippen molar-refractivity contribution < 1.29 is 49.8 Å². The van der Waals surface area contributed by atoms with Crippen LogP contribution in [0.1, 0.15) is 42.9 Å². The molecule has 12 nitrogen and oxygen atoms in total. The topological polar surface area (TPSA) is 204 Å². The van der Waals surface area contributed by atoms with Gasteiger partial charge in [-0.15, -0.1) is 0 Å². The maximum atomic E-state index is 12.5. The van der Waals surface area contributed by atoms with E-state index >= 15 is 0 Å². The van der Waals surface area contributed by atoms with Gasteiger partial charge in [0.1, 0.15) is 18.3 Å². The number of nitrogens with zero attached hydrogens (tertiary/aromatic N) is 1. The smallest absolute Gasteiger partial charge is 0.335 e. The third-order valence-electron chi connectivity index (χ3n) is 7.04. The molecular weight excluding hydrogens is 622 g/mol. The Hall–Kier alpha value is -5.66. The van der Waals surface area contributed by atoms with Gasteiger partial charge in [-0.2, -0.15) is 0 Å². The van der Waals surface area contributed by atoms with Crippen molar-refractivity contribution in [2.75, 3.05) is 6.61 Å². The molecule has 0 bridgehead atoms. The number of hydrogen-bond donors (Lipinski definition) is 6. The van der Waals surface area contributed by atoms with Crippen molar-refractivity contribution in [3.05, 3.63) is 154 Å². The molecule has 1 saturated heterocycles. The summed E-state index contributed by atoms with van der Waals surface area (Å²) in [7, 11) is 0. The van der Waals surface area contributed by atoms with Crippen molar-refractivity contribution in [3.63, 3.8) is 0 Å². The zero-order valence-corrected chi connectivity index (χ0v) is 25.7. The first kappa shape index (κ1) is 36.8. The number of aryl methyl sites for hydroxylation is 1. The first-order chi connectivity index (χ1) is 23.0. The van der Waals surface area contributed by atoms with Crippen molar-refractivity contribution in [2.45, 2.75) is 31.5 Å². The van der Waals surface area contributed by atoms with Crippen molar-refractivity contribution in [1.82, 2.24) is 4.57 Å². The Morgan fingerprint density at radius 3 is 1.42 bits per heavy atom. The lowest BCUT2D eigenvalue weighted by atomic mass is 10.1. The molecule has 4 atom stereocenters. The third-order valence-corrected chi connectivity index (χ3v) is 7.04. The van der Waals surface area contributed by atoms with Gasteiger partial charge in [-0.1, -0.05) is 66.7 Å². The van der Waals surface area contributed by atoms with Crippen LogP contribution in [0.25, 0.3) is 10.8 Å². The molecule has 1 aliphatic heterocycles. The van der Waals surface area contributed by atoms with Crippen LogP contribution in [0.2, 0.25) is 0 Å². The van der Waals surface area contributed by atoms with Crippen LogP contribution in [-0.4, -0.2) is 78.0 Å². The zero-order valence-electron chi connectivity index (χ0n) is 25.7. The molecule has 0 amide bonds. The molecule has 6 rings (SSSR count). The number of aliphatic hydroxyl groups excluding tert-OH is 3. The number of aromatic carboxylic acids is 3. The first-order valence-corrected chi connectivity index (χ1v) is 14.5. The molecule has 0 saturated carbocycles. The van der Waals surface area contributed by atoms with Gasteiger partial charge in [0, 0.05) is 11.6 Å². The van der Waals surface area contributed by atoms with E-state index in [-0.39, 0.29) is 5.56 Å². The molecule has 1 aromatic heterocycles. The Morgan fingerprint density at radius 2 is 1.06 bits per heavy atom. The fourth-order valence-corrected chi connectivity index (χ4v) is 4.50. The van der Waals surface area contributed by atoms with Crippen LogP contribution >= 0.6 is 0 Å². The lowest BCUT2D eigenvalue weighted by molar-refractivity contribution is -0.0541. The summed E-state index contributed by atoms with van der Waals surface area (Å²) < 4.78 is 6.65. The minimum absolute atomic E-state index is 0.300. The maximum absolute atomic E-state index is 12.5. The summed E-state index contributed by atoms with van der Waals surface area (Å²) in [5.74, 6) is -2.64. The van der Waals surface area contributed by atoms with E-state index in [0.717, 1.165) is 10.9 Å². The van der Waals surface area contributed by atoms with Crippen LogP contribution in [0.5, 0.6) is 0 Å². The summed E-state index contributed by atoms with van der Waals surface area (Å²) in [4.78, 5) is 43.1. The highest BCUT2D eigenvalue weighted by Crippen LogP contribution is 2.29. The molecule has 0 spiro atoms. The predicted octanol–water partition coefficient (Wildman–Crippen LogP) is 4.08. The second-order valence-electron chi connectivity index (χ2n) is 10.3. The fraction of sp³-hybridized carbons (Fsp3) is 0.167. The first-order valence-electron chi connectivity index (χ1n) is 14.5. The third kappa shape index (κ3) is 9.92. The highest BCUT2D eigenvalue weighted by atomic mass is 16.6. The summed E-state index contributed by atoms with van der Waals surface area (Å²) >= 11 is 0. The summed E-state index contributed by atoms with van der Waals surface area (Å²) in [5.41, 5.74) is 1.68. The Kier molecular flexibility index (Phi) is 13.7. The van der Waals surface area contributed by atoms with E-state index in [1.54, 1.807) is 109 Å². The molecule has 1 fully saturated rings. The molecule has 0 unspecified atom stereocenters. The molecule has 48 heavy (non-hydrogen) atoms. The number of aliphatic hydroxyl groups is 3. The van der Waals surface area contributed by atoms with E-state index in [0.29, 0.717) is 22.1 Å². The van der Waals surface area contributed by atoms with Gasteiger partial charge in [-0.3, -0.25) is 9.36 Å². The number of benzene rings is 4. The van der Waals surface area contributed by atoms with Crippen LogP contribution in [0.3, 0.4) is 0 Å². The average molecular weight is 658 g/mol. The van der Waals surface area contributed by atoms with Crippen LogP contribution in [0.15, 0.2) is 126 Å². The number of carbonyl (C=O) groups is 3. The standard InChI is InChI=1S/C15H17NO5.3C7H6O2/c1-8-3-2-4-10-9(8)5-6-16(14(10)20)15-13(19)12(18)11(7-17)21-15;3*8-7(9)6-4-2-1-3-5-6/h2-6,11-13,15,17-19H,7H2,1H3;3*1-5H,(H,8,9)/t11-,12-,13-,15-;;;/m1.../s1. The van der Waals surface area contributed by atoms with Crippen LogP contribution in [0, 0.1) is 6.92 Å². The Morgan fingerprint density at radius 1 is 0.625 bits per heavy atom. The largest absolute Gasteiger partial charge is 0.478 e. The molecule has 250 valence electrons. The van der Waals surface area contributed by atoms with Gasteiger partial charge in [0.15, 0.2) is 6.23 Å². The number of hydrogen-bond acceptors (Lipinski definition) is 8. The van der Waals surface area contributed by atoms with E-state index in [1.807, 2.05) is 13.0 Å². The van der Waals surface area contributed by atoms with E-state index in [4.69, 9.17) is 25.2 Å². The van der Waals surface area contributed by atoms with Gasteiger partial charge < -0.3 is 35.4 Å². The van der Waals surface area contributed by atoms with E-state index in [9.17, 15) is 29.4 Å². The van der Waals surface area contributed by atoms with Crippen LogP contribution in [-0.2, 0) is 4.74 Å². The molecule has 5 aromatic rings. The second-order valence-corrected chi connectivity index (χ2v) is 10.3. The molecule has 0 aliphatic carbocycles. The monoisotopic (exact) mass is 657 g/mol. The lowest BCUT2D eigenvalue weighted by Crippen LogP contribution is -2.35. The van der Waals surface area contributed by atoms with Gasteiger partial charge in [0.2, 0.25) is 0 Å². The minimum Gasteiger partial charge on any atom is -0.478 e. The van der Waals surface area contributed by atoms with Crippen molar-refractivity contribution in [2.24, 2.45) is 0 Å². The van der Waals surface area contributed by atoms with Gasteiger partial charge in [0.25, 0.3) is 5.56 Å². The predicted molar refractivity (Wildman–Crippen MR) is 176 cm³/mol. The summed E-state index contributed by atoms with van der Waals surface area (Å²) in [6.07, 6.45) is -2.85. The summed E-state index contributed by atoms with van der Waals surface area (Å²) in [6.45, 7) is 1.49. The quantitative estimate of drug-likeness (QED) is 0.159. The van der Waals surface area contributed by atoms with Crippen LogP contribution in [0.4, 0.5) is 0 Å². The Labute approximate surface area is 275 Å². The average Bonchev–Trinajstić information content (AvgIpc) is 3.39. The second kappa shape index (κ2) is 17.9. The lowest BCUT2D eigenvalue weighted by Gasteiger charge is -2.18. The molecule has 4 aromatic carbocycles. The maximum Gasteiger partial charge on any atom is 0.335 e. The van der Waals surface area contributed by atoms with Gasteiger partial charge >= 0.3 is 17.9 Å². The number of aromatic nitrogens is 1. The van der Waals surface area contributed by atoms with E-state index in [2.05, 4.69) is 0 Å². The molecular formula is C36H35NO11. The van der Waals surface area contributed by atoms with Gasteiger partial charge in [-0.25, -0.2) is 14.4 Å². The van der Waals surface area contributed by atoms with E-state index < -0.39 is 49.1 Å². The number of fused-ring (bicyclic) bond motifs is 1. The number of pyridine rings is 1. The van der Waals surface area contributed by atoms with E-state index in [1.165, 1.54) is 10.8 Å². The molecule has 0 radical (unpaired) electrons. The highest BCUT2D eigenvalue weighted by Gasteiger charge is 2.43. The molecule has 12 heteroatoms. The Balaban J connectivity index is 0.000000193. The Bertz CT molecular complexity index is 1730. The number of ether oxygens (including phenoxy) is 1. The molecule has 6 N–H and O–H groups in total. The van der Waals surface area contributed by atoms with Crippen molar-refractivity contribution in [1.29, 1.82) is 0 Å². The summed E-state index contributed by atoms with van der Waals surface area (Å²) in [6, 6.07) is 32.1. The number of carboxylic acid groups (broad SMARTS) is 3. The molecule has 2 heterocycles. The van der Waals surface area contributed by atoms with Crippen LogP contribution < -0.4 is 5.56 Å². The van der Waals surface area contributed by atoms with Crippen molar-refractivity contribution in [3.8, 4) is 0 Å². The fourth-order valence-electron chi connectivity index (χ4n) is 4.50. The van der Waals surface area contributed by atoms with Gasteiger partial charge in [-0.05, 0) is 66.4 Å². The SMILES string of the molecule is Cc1cccc2c(=O)n([C@@H]3O[C@H](CO)[C@@H](O)[C@H]3O)ccc12.O=C(O)c1ccccc1.O=C(O)c1ccccc1.O=C(O)c1ccccc1. The normalized spacial score (nSPS) is 17.8. The highest BCUT2D eigenvalue weighted by molar-refractivity contribution is 5.88. The van der Waals surface area contributed by atoms with Gasteiger partial charge in [0.05, 0.1) is 23.3 Å².